The van der Waals surface area contributed by atoms with Crippen LogP contribution in [0.1, 0.15) is 17.0 Å². The average Bonchev–Trinajstić information content (AvgIpc) is 3.03. The van der Waals surface area contributed by atoms with Crippen molar-refractivity contribution in [3.05, 3.63) is 35.2 Å². The highest BCUT2D eigenvalue weighted by Gasteiger charge is 2.20. The third kappa shape index (κ3) is 3.91. The van der Waals surface area contributed by atoms with Crippen molar-refractivity contribution in [2.75, 3.05) is 44.8 Å². The Kier molecular flexibility index (Phi) is 5.42. The van der Waals surface area contributed by atoms with Gasteiger partial charge in [-0.25, -0.2) is 4.68 Å². The fourth-order valence-corrected chi connectivity index (χ4v) is 3.09. The molecular formula is C17H26N6O. The lowest BCUT2D eigenvalue weighted by Gasteiger charge is -2.36. The highest BCUT2D eigenvalue weighted by molar-refractivity contribution is 5.55. The number of benzene rings is 1. The van der Waals surface area contributed by atoms with Crippen LogP contribution in [-0.2, 0) is 17.8 Å². The van der Waals surface area contributed by atoms with E-state index >= 15 is 0 Å². The lowest BCUT2D eigenvalue weighted by atomic mass is 10.1. The van der Waals surface area contributed by atoms with Gasteiger partial charge in [0.1, 0.15) is 0 Å². The minimum Gasteiger partial charge on any atom is -0.383 e. The summed E-state index contributed by atoms with van der Waals surface area (Å²) in [5.41, 5.74) is 4.02. The topological polar surface area (TPSA) is 59.3 Å². The predicted molar refractivity (Wildman–Crippen MR) is 93.1 cm³/mol. The van der Waals surface area contributed by atoms with Crippen LogP contribution in [0.15, 0.2) is 18.2 Å². The van der Waals surface area contributed by atoms with Crippen molar-refractivity contribution < 1.29 is 4.74 Å². The van der Waals surface area contributed by atoms with E-state index in [1.807, 2.05) is 4.68 Å². The van der Waals surface area contributed by atoms with Gasteiger partial charge in [-0.15, -0.1) is 5.10 Å². The minimum atomic E-state index is 0.623. The molecule has 1 aromatic carbocycles. The second kappa shape index (κ2) is 7.72. The van der Waals surface area contributed by atoms with E-state index in [0.717, 1.165) is 38.5 Å². The molecule has 0 atom stereocenters. The first kappa shape index (κ1) is 16.9. The summed E-state index contributed by atoms with van der Waals surface area (Å²) in [5.74, 6) is 0.909. The van der Waals surface area contributed by atoms with Gasteiger partial charge in [0.2, 0.25) is 0 Å². The average molecular weight is 330 g/mol. The van der Waals surface area contributed by atoms with Crippen LogP contribution in [0.4, 0.5) is 5.69 Å². The first-order chi connectivity index (χ1) is 11.7. The van der Waals surface area contributed by atoms with Crippen molar-refractivity contribution in [2.45, 2.75) is 26.9 Å². The maximum atomic E-state index is 5.11. The van der Waals surface area contributed by atoms with Crippen LogP contribution in [0, 0.1) is 13.8 Å². The SMILES string of the molecule is COCCn1nnnc1CN1CCN(c2cc(C)ccc2C)CC1. The number of ether oxygens (including phenoxy) is 1. The molecule has 1 aromatic heterocycles. The van der Waals surface area contributed by atoms with Crippen LogP contribution in [0.2, 0.25) is 0 Å². The summed E-state index contributed by atoms with van der Waals surface area (Å²) >= 11 is 0. The molecule has 0 amide bonds. The molecule has 0 radical (unpaired) electrons. The lowest BCUT2D eigenvalue weighted by Crippen LogP contribution is -2.46. The highest BCUT2D eigenvalue weighted by Crippen LogP contribution is 2.23. The molecule has 0 aliphatic carbocycles. The second-order valence-corrected chi connectivity index (χ2v) is 6.36. The molecule has 0 spiro atoms. The Morgan fingerprint density at radius 3 is 2.67 bits per heavy atom. The van der Waals surface area contributed by atoms with E-state index in [1.165, 1.54) is 16.8 Å². The van der Waals surface area contributed by atoms with Crippen molar-refractivity contribution in [3.8, 4) is 0 Å². The molecule has 24 heavy (non-hydrogen) atoms. The molecule has 0 N–H and O–H groups in total. The maximum absolute atomic E-state index is 5.11. The summed E-state index contributed by atoms with van der Waals surface area (Å²) < 4.78 is 6.94. The van der Waals surface area contributed by atoms with Gasteiger partial charge in [-0.1, -0.05) is 12.1 Å². The number of aryl methyl sites for hydroxylation is 2. The summed E-state index contributed by atoms with van der Waals surface area (Å²) in [4.78, 5) is 4.89. The first-order valence-electron chi connectivity index (χ1n) is 8.46. The lowest BCUT2D eigenvalue weighted by molar-refractivity contribution is 0.178. The van der Waals surface area contributed by atoms with E-state index in [0.29, 0.717) is 13.2 Å². The Hall–Kier alpha value is -1.99. The quantitative estimate of drug-likeness (QED) is 0.795. The monoisotopic (exact) mass is 330 g/mol. The standard InChI is InChI=1S/C17H26N6O/c1-14-4-5-15(2)16(12-14)22-8-6-21(7-9-22)13-17-18-19-20-23(17)10-11-24-3/h4-5,12H,6-11,13H2,1-3H3. The normalized spacial score (nSPS) is 15.9. The van der Waals surface area contributed by atoms with Gasteiger partial charge in [0.25, 0.3) is 0 Å². The molecule has 0 unspecified atom stereocenters. The molecule has 3 rings (SSSR count). The number of rotatable bonds is 6. The Morgan fingerprint density at radius 1 is 1.12 bits per heavy atom. The summed E-state index contributed by atoms with van der Waals surface area (Å²) in [5, 5.41) is 12.0. The number of methoxy groups -OCH3 is 1. The summed E-state index contributed by atoms with van der Waals surface area (Å²) in [6, 6.07) is 6.67. The number of tetrazole rings is 1. The van der Waals surface area contributed by atoms with Gasteiger partial charge >= 0.3 is 0 Å². The number of aromatic nitrogens is 4. The van der Waals surface area contributed by atoms with Crippen LogP contribution < -0.4 is 4.90 Å². The Morgan fingerprint density at radius 2 is 1.92 bits per heavy atom. The Balaban J connectivity index is 1.57. The van der Waals surface area contributed by atoms with Crippen molar-refractivity contribution in [1.82, 2.24) is 25.1 Å². The van der Waals surface area contributed by atoms with Crippen LogP contribution in [0.3, 0.4) is 0 Å². The number of hydrogen-bond acceptors (Lipinski definition) is 6. The van der Waals surface area contributed by atoms with Crippen LogP contribution in [0.25, 0.3) is 0 Å². The molecule has 1 aliphatic heterocycles. The van der Waals surface area contributed by atoms with E-state index < -0.39 is 0 Å². The van der Waals surface area contributed by atoms with E-state index in [9.17, 15) is 0 Å². The molecule has 0 bridgehead atoms. The zero-order chi connectivity index (χ0) is 16.9. The smallest absolute Gasteiger partial charge is 0.165 e. The summed E-state index contributed by atoms with van der Waals surface area (Å²) in [6.07, 6.45) is 0. The first-order valence-corrected chi connectivity index (χ1v) is 8.46. The minimum absolute atomic E-state index is 0.623. The Bertz CT molecular complexity index is 663. The second-order valence-electron chi connectivity index (χ2n) is 6.36. The molecule has 0 saturated carbocycles. The van der Waals surface area contributed by atoms with Gasteiger partial charge in [0.05, 0.1) is 19.7 Å². The molecule has 130 valence electrons. The number of piperazine rings is 1. The summed E-state index contributed by atoms with van der Waals surface area (Å²) in [7, 11) is 1.69. The molecule has 1 fully saturated rings. The fraction of sp³-hybridized carbons (Fsp3) is 0.588. The molecule has 1 saturated heterocycles. The fourth-order valence-electron chi connectivity index (χ4n) is 3.09. The van der Waals surface area contributed by atoms with Crippen LogP contribution in [-0.4, -0.2) is 65.0 Å². The molecular weight excluding hydrogens is 304 g/mol. The van der Waals surface area contributed by atoms with E-state index in [-0.39, 0.29) is 0 Å². The van der Waals surface area contributed by atoms with Gasteiger partial charge < -0.3 is 9.64 Å². The van der Waals surface area contributed by atoms with Crippen LogP contribution in [0.5, 0.6) is 0 Å². The third-order valence-electron chi connectivity index (χ3n) is 4.56. The zero-order valence-electron chi connectivity index (χ0n) is 14.8. The third-order valence-corrected chi connectivity index (χ3v) is 4.56. The van der Waals surface area contributed by atoms with Gasteiger partial charge in [0, 0.05) is 39.0 Å². The van der Waals surface area contributed by atoms with Crippen molar-refractivity contribution in [2.24, 2.45) is 0 Å². The van der Waals surface area contributed by atoms with Crippen molar-refractivity contribution in [1.29, 1.82) is 0 Å². The van der Waals surface area contributed by atoms with Crippen molar-refractivity contribution >= 4 is 5.69 Å². The zero-order valence-corrected chi connectivity index (χ0v) is 14.8. The van der Waals surface area contributed by atoms with Gasteiger partial charge in [0.15, 0.2) is 5.82 Å². The highest BCUT2D eigenvalue weighted by atomic mass is 16.5. The molecule has 2 heterocycles. The number of hydrogen-bond donors (Lipinski definition) is 0. The van der Waals surface area contributed by atoms with Gasteiger partial charge in [-0.2, -0.15) is 0 Å². The van der Waals surface area contributed by atoms with E-state index in [2.05, 4.69) is 57.4 Å². The predicted octanol–water partition coefficient (Wildman–Crippen LogP) is 1.26. The van der Waals surface area contributed by atoms with E-state index in [1.54, 1.807) is 7.11 Å². The Labute approximate surface area is 143 Å². The molecule has 1 aliphatic rings. The number of nitrogens with zero attached hydrogens (tertiary/aromatic N) is 6. The van der Waals surface area contributed by atoms with E-state index in [4.69, 9.17) is 4.74 Å². The van der Waals surface area contributed by atoms with Gasteiger partial charge in [-0.05, 0) is 41.5 Å². The molecule has 7 nitrogen and oxygen atoms in total. The van der Waals surface area contributed by atoms with Gasteiger partial charge in [-0.3, -0.25) is 4.90 Å². The number of anilines is 1. The van der Waals surface area contributed by atoms with Crippen LogP contribution >= 0.6 is 0 Å². The molecule has 7 heteroatoms. The maximum Gasteiger partial charge on any atom is 0.165 e. The molecule has 2 aromatic rings. The largest absolute Gasteiger partial charge is 0.383 e. The summed E-state index contributed by atoms with van der Waals surface area (Å²) in [6.45, 7) is 10.5. The van der Waals surface area contributed by atoms with Crippen molar-refractivity contribution in [3.63, 3.8) is 0 Å².